The van der Waals surface area contributed by atoms with Crippen molar-refractivity contribution in [2.75, 3.05) is 0 Å². The molecule has 4 heteroatoms. The summed E-state index contributed by atoms with van der Waals surface area (Å²) < 4.78 is 0. The molecule has 1 aromatic carbocycles. The van der Waals surface area contributed by atoms with Crippen LogP contribution in [0.3, 0.4) is 0 Å². The van der Waals surface area contributed by atoms with Gasteiger partial charge in [0.1, 0.15) is 6.10 Å². The van der Waals surface area contributed by atoms with E-state index < -0.39 is 18.1 Å². The number of nitrogens with one attached hydrogen (secondary N) is 1. The lowest BCUT2D eigenvalue weighted by Crippen LogP contribution is -2.49. The molecule has 4 nitrogen and oxygen atoms in total. The molecule has 1 aromatic rings. The maximum atomic E-state index is 12.4. The van der Waals surface area contributed by atoms with E-state index in [-0.39, 0.29) is 23.5 Å². The Kier molecular flexibility index (Phi) is 8.13. The van der Waals surface area contributed by atoms with E-state index in [1.165, 1.54) is 0 Å². The van der Waals surface area contributed by atoms with Crippen LogP contribution in [0.5, 0.6) is 0 Å². The fourth-order valence-electron chi connectivity index (χ4n) is 2.73. The number of carbonyl (C=O) groups excluding carboxylic acids is 2. The van der Waals surface area contributed by atoms with Gasteiger partial charge in [0.15, 0.2) is 5.78 Å². The summed E-state index contributed by atoms with van der Waals surface area (Å²) in [7, 11) is 0. The predicted octanol–water partition coefficient (Wildman–Crippen LogP) is 2.98. The van der Waals surface area contributed by atoms with Crippen LogP contribution < -0.4 is 5.32 Å². The molecule has 0 spiro atoms. The van der Waals surface area contributed by atoms with Gasteiger partial charge >= 0.3 is 0 Å². The van der Waals surface area contributed by atoms with Crippen molar-refractivity contribution < 1.29 is 14.7 Å². The predicted molar refractivity (Wildman–Crippen MR) is 96.5 cm³/mol. The van der Waals surface area contributed by atoms with Gasteiger partial charge in [-0.1, -0.05) is 65.0 Å². The molecule has 0 bridgehead atoms. The summed E-state index contributed by atoms with van der Waals surface area (Å²) in [6.07, 6.45) is 0.0742. The van der Waals surface area contributed by atoms with Gasteiger partial charge in [-0.25, -0.2) is 0 Å². The van der Waals surface area contributed by atoms with E-state index in [1.807, 2.05) is 65.0 Å². The first kappa shape index (κ1) is 20.4. The van der Waals surface area contributed by atoms with Crippen LogP contribution in [0.4, 0.5) is 0 Å². The zero-order valence-electron chi connectivity index (χ0n) is 15.5. The second kappa shape index (κ2) is 9.58. The van der Waals surface area contributed by atoms with E-state index in [0.29, 0.717) is 12.8 Å². The number of carbonyl (C=O) groups is 2. The molecule has 0 aliphatic carbocycles. The summed E-state index contributed by atoms with van der Waals surface area (Å²) in [4.78, 5) is 24.7. The Morgan fingerprint density at radius 2 is 1.62 bits per heavy atom. The Morgan fingerprint density at radius 1 is 1.04 bits per heavy atom. The average molecular weight is 333 g/mol. The molecule has 0 aliphatic rings. The maximum absolute atomic E-state index is 12.4. The first-order valence-corrected chi connectivity index (χ1v) is 8.78. The van der Waals surface area contributed by atoms with Crippen molar-refractivity contribution in [3.63, 3.8) is 0 Å². The van der Waals surface area contributed by atoms with Gasteiger partial charge in [-0.05, 0) is 30.2 Å². The molecule has 0 saturated heterocycles. The van der Waals surface area contributed by atoms with Gasteiger partial charge in [0.2, 0.25) is 5.91 Å². The van der Waals surface area contributed by atoms with E-state index in [2.05, 4.69) is 5.32 Å². The first-order chi connectivity index (χ1) is 11.2. The minimum Gasteiger partial charge on any atom is -0.383 e. The van der Waals surface area contributed by atoms with Gasteiger partial charge < -0.3 is 10.4 Å². The van der Waals surface area contributed by atoms with Crippen LogP contribution in [0.1, 0.15) is 46.6 Å². The highest BCUT2D eigenvalue weighted by atomic mass is 16.3. The Labute approximate surface area is 145 Å². The number of amides is 1. The zero-order chi connectivity index (χ0) is 18.3. The second-order valence-corrected chi connectivity index (χ2v) is 7.36. The van der Waals surface area contributed by atoms with Crippen LogP contribution in [-0.2, 0) is 16.0 Å². The van der Waals surface area contributed by atoms with Crippen LogP contribution in [-0.4, -0.2) is 28.9 Å². The average Bonchev–Trinajstić information content (AvgIpc) is 2.53. The van der Waals surface area contributed by atoms with E-state index in [9.17, 15) is 14.7 Å². The normalized spacial score (nSPS) is 15.2. The fourth-order valence-corrected chi connectivity index (χ4v) is 2.73. The maximum Gasteiger partial charge on any atom is 0.249 e. The van der Waals surface area contributed by atoms with Crippen molar-refractivity contribution in [1.29, 1.82) is 0 Å². The largest absolute Gasteiger partial charge is 0.383 e. The number of Topliss-reactive ketones (excluding diaryl/α,β-unsaturated/α-hetero) is 1. The van der Waals surface area contributed by atoms with Crippen LogP contribution in [0.15, 0.2) is 30.3 Å². The third kappa shape index (κ3) is 6.44. The molecule has 1 rings (SSSR count). The molecule has 134 valence electrons. The highest BCUT2D eigenvalue weighted by molar-refractivity contribution is 5.91. The molecule has 24 heavy (non-hydrogen) atoms. The molecule has 0 aliphatic heterocycles. The van der Waals surface area contributed by atoms with E-state index in [0.717, 1.165) is 5.56 Å². The molecular formula is C20H31NO3. The molecule has 3 atom stereocenters. The van der Waals surface area contributed by atoms with Gasteiger partial charge in [-0.15, -0.1) is 0 Å². The van der Waals surface area contributed by atoms with Crippen molar-refractivity contribution in [2.45, 2.75) is 59.6 Å². The number of aliphatic hydroxyl groups excluding tert-OH is 1. The van der Waals surface area contributed by atoms with Crippen LogP contribution >= 0.6 is 0 Å². The number of hydrogen-bond acceptors (Lipinski definition) is 3. The molecule has 0 fully saturated rings. The van der Waals surface area contributed by atoms with E-state index >= 15 is 0 Å². The van der Waals surface area contributed by atoms with Gasteiger partial charge in [-0.3, -0.25) is 9.59 Å². The van der Waals surface area contributed by atoms with Crippen molar-refractivity contribution in [2.24, 2.45) is 17.8 Å². The van der Waals surface area contributed by atoms with Crippen molar-refractivity contribution in [3.05, 3.63) is 35.9 Å². The summed E-state index contributed by atoms with van der Waals surface area (Å²) in [6.45, 7) is 9.54. The minimum atomic E-state index is -1.13. The topological polar surface area (TPSA) is 66.4 Å². The number of aliphatic hydroxyl groups is 1. The van der Waals surface area contributed by atoms with Crippen molar-refractivity contribution in [1.82, 2.24) is 5.32 Å². The molecule has 0 saturated carbocycles. The summed E-state index contributed by atoms with van der Waals surface area (Å²) in [6, 6.07) is 9.24. The summed E-state index contributed by atoms with van der Waals surface area (Å²) in [5, 5.41) is 13.1. The molecule has 0 radical (unpaired) electrons. The van der Waals surface area contributed by atoms with Crippen molar-refractivity contribution in [3.8, 4) is 0 Å². The highest BCUT2D eigenvalue weighted by Gasteiger charge is 2.29. The molecule has 0 heterocycles. The van der Waals surface area contributed by atoms with Crippen LogP contribution in [0, 0.1) is 17.8 Å². The molecule has 2 N–H and O–H groups in total. The number of rotatable bonds is 9. The van der Waals surface area contributed by atoms with Crippen molar-refractivity contribution >= 4 is 11.7 Å². The van der Waals surface area contributed by atoms with E-state index in [4.69, 9.17) is 0 Å². The Hall–Kier alpha value is -1.68. The number of hydrogen-bond donors (Lipinski definition) is 2. The third-order valence-electron chi connectivity index (χ3n) is 4.14. The fraction of sp³-hybridized carbons (Fsp3) is 0.600. The van der Waals surface area contributed by atoms with Crippen LogP contribution in [0.25, 0.3) is 0 Å². The second-order valence-electron chi connectivity index (χ2n) is 7.36. The van der Waals surface area contributed by atoms with Gasteiger partial charge in [0.25, 0.3) is 0 Å². The Balaban J connectivity index is 2.69. The lowest BCUT2D eigenvalue weighted by atomic mass is 9.92. The monoisotopic (exact) mass is 333 g/mol. The third-order valence-corrected chi connectivity index (χ3v) is 4.14. The molecule has 0 aromatic heterocycles. The minimum absolute atomic E-state index is 0.0139. The standard InChI is InChI=1S/C20H31NO3/c1-13(2)11-17(18(22)14(3)4)21-20(24)19(23)15(5)12-16-9-7-6-8-10-16/h6-10,13-15,17,19,23H,11-12H2,1-5H3,(H,21,24). The Bertz CT molecular complexity index is 525. The van der Waals surface area contributed by atoms with Gasteiger partial charge in [-0.2, -0.15) is 0 Å². The smallest absolute Gasteiger partial charge is 0.249 e. The summed E-state index contributed by atoms with van der Waals surface area (Å²) in [5.74, 6) is -0.524. The number of benzene rings is 1. The quantitative estimate of drug-likeness (QED) is 0.730. The van der Waals surface area contributed by atoms with Gasteiger partial charge in [0, 0.05) is 5.92 Å². The first-order valence-electron chi connectivity index (χ1n) is 8.78. The van der Waals surface area contributed by atoms with E-state index in [1.54, 1.807) is 0 Å². The zero-order valence-corrected chi connectivity index (χ0v) is 15.5. The molecule has 3 unspecified atom stereocenters. The SMILES string of the molecule is CC(C)CC(NC(=O)C(O)C(C)Cc1ccccc1)C(=O)C(C)C. The lowest BCUT2D eigenvalue weighted by molar-refractivity contribution is -0.136. The summed E-state index contributed by atoms with van der Waals surface area (Å²) >= 11 is 0. The number of ketones is 1. The highest BCUT2D eigenvalue weighted by Crippen LogP contribution is 2.14. The summed E-state index contributed by atoms with van der Waals surface area (Å²) in [5.41, 5.74) is 1.08. The lowest BCUT2D eigenvalue weighted by Gasteiger charge is -2.25. The molecular weight excluding hydrogens is 302 g/mol. The Morgan fingerprint density at radius 3 is 2.12 bits per heavy atom. The molecule has 1 amide bonds. The van der Waals surface area contributed by atoms with Crippen LogP contribution in [0.2, 0.25) is 0 Å². The van der Waals surface area contributed by atoms with Gasteiger partial charge in [0.05, 0.1) is 6.04 Å².